The molecule has 0 bridgehead atoms. The highest BCUT2D eigenvalue weighted by Crippen LogP contribution is 2.15. The van der Waals surface area contributed by atoms with Crippen LogP contribution in [-0.2, 0) is 30.8 Å². The molecule has 11 heteroatoms. The van der Waals surface area contributed by atoms with Crippen molar-refractivity contribution in [3.8, 4) is 0 Å². The molecule has 2 aromatic rings. The second-order valence-corrected chi connectivity index (χ2v) is 8.13. The molecule has 1 aliphatic heterocycles. The van der Waals surface area contributed by atoms with E-state index in [1.54, 1.807) is 25.1 Å². The number of anilines is 1. The second-order valence-electron chi connectivity index (χ2n) is 6.25. The Labute approximate surface area is 168 Å². The average molecular weight is 422 g/mol. The van der Waals surface area contributed by atoms with E-state index in [4.69, 9.17) is 9.47 Å². The summed E-state index contributed by atoms with van der Waals surface area (Å²) >= 11 is 0. The fourth-order valence-corrected chi connectivity index (χ4v) is 4.13. The van der Waals surface area contributed by atoms with Crippen LogP contribution in [0.4, 0.5) is 5.69 Å². The van der Waals surface area contributed by atoms with Crippen molar-refractivity contribution in [3.05, 3.63) is 42.4 Å². The Hall–Kier alpha value is -2.76. The Morgan fingerprint density at radius 2 is 2.03 bits per heavy atom. The van der Waals surface area contributed by atoms with Crippen LogP contribution >= 0.6 is 0 Å². The van der Waals surface area contributed by atoms with Gasteiger partial charge in [-0.15, -0.1) is 0 Å². The summed E-state index contributed by atoms with van der Waals surface area (Å²) in [5, 5.41) is 2.55. The highest BCUT2D eigenvalue weighted by Gasteiger charge is 2.28. The SMILES string of the molecule is CCOC(=O)c1cccc(NC(=O)Cn2cnc(S(=O)(=O)N3CCOCC3)c2)c1. The summed E-state index contributed by atoms with van der Waals surface area (Å²) in [5.41, 5.74) is 0.757. The van der Waals surface area contributed by atoms with E-state index < -0.39 is 21.9 Å². The van der Waals surface area contributed by atoms with E-state index in [0.717, 1.165) is 0 Å². The van der Waals surface area contributed by atoms with Crippen molar-refractivity contribution in [2.24, 2.45) is 0 Å². The van der Waals surface area contributed by atoms with Gasteiger partial charge in [-0.3, -0.25) is 4.79 Å². The quantitative estimate of drug-likeness (QED) is 0.653. The molecule has 0 spiro atoms. The molecule has 29 heavy (non-hydrogen) atoms. The van der Waals surface area contributed by atoms with E-state index in [1.807, 2.05) is 0 Å². The lowest BCUT2D eigenvalue weighted by atomic mass is 10.2. The molecule has 156 valence electrons. The third-order valence-electron chi connectivity index (χ3n) is 4.17. The number of nitrogens with zero attached hydrogens (tertiary/aromatic N) is 3. The molecule has 1 aliphatic rings. The smallest absolute Gasteiger partial charge is 0.338 e. The molecule has 0 radical (unpaired) electrons. The van der Waals surface area contributed by atoms with Gasteiger partial charge in [-0.25, -0.2) is 18.2 Å². The summed E-state index contributed by atoms with van der Waals surface area (Å²) in [6, 6.07) is 6.37. The zero-order valence-electron chi connectivity index (χ0n) is 15.9. The summed E-state index contributed by atoms with van der Waals surface area (Å²) in [7, 11) is -3.72. The van der Waals surface area contributed by atoms with Crippen LogP contribution in [0.1, 0.15) is 17.3 Å². The van der Waals surface area contributed by atoms with E-state index in [0.29, 0.717) is 24.5 Å². The first kappa shape index (κ1) is 21.0. The van der Waals surface area contributed by atoms with Crippen LogP contribution in [0.2, 0.25) is 0 Å². The highest BCUT2D eigenvalue weighted by atomic mass is 32.2. The monoisotopic (exact) mass is 422 g/mol. The lowest BCUT2D eigenvalue weighted by molar-refractivity contribution is -0.116. The third kappa shape index (κ3) is 5.19. The second kappa shape index (κ2) is 9.16. The van der Waals surface area contributed by atoms with E-state index in [1.165, 1.54) is 27.5 Å². The van der Waals surface area contributed by atoms with Gasteiger partial charge in [0, 0.05) is 25.0 Å². The maximum Gasteiger partial charge on any atom is 0.338 e. The van der Waals surface area contributed by atoms with Crippen molar-refractivity contribution in [1.82, 2.24) is 13.9 Å². The molecule has 0 atom stereocenters. The predicted molar refractivity (Wildman–Crippen MR) is 103 cm³/mol. The van der Waals surface area contributed by atoms with Crippen molar-refractivity contribution in [1.29, 1.82) is 0 Å². The molecule has 2 heterocycles. The van der Waals surface area contributed by atoms with Crippen molar-refractivity contribution < 1.29 is 27.5 Å². The number of ether oxygens (including phenoxy) is 2. The average Bonchev–Trinajstić information content (AvgIpc) is 3.18. The Kier molecular flexibility index (Phi) is 6.62. The van der Waals surface area contributed by atoms with Crippen LogP contribution in [-0.4, -0.2) is 67.1 Å². The maximum atomic E-state index is 12.6. The summed E-state index contributed by atoms with van der Waals surface area (Å²) in [6.45, 7) is 3.06. The number of carbonyl (C=O) groups is 2. The Balaban J connectivity index is 1.63. The number of hydrogen-bond donors (Lipinski definition) is 1. The van der Waals surface area contributed by atoms with Crippen molar-refractivity contribution in [3.63, 3.8) is 0 Å². The topological polar surface area (TPSA) is 120 Å². The van der Waals surface area contributed by atoms with E-state index in [9.17, 15) is 18.0 Å². The number of hydrogen-bond acceptors (Lipinski definition) is 7. The maximum absolute atomic E-state index is 12.6. The minimum atomic E-state index is -3.72. The first-order valence-electron chi connectivity index (χ1n) is 9.07. The number of nitrogens with one attached hydrogen (secondary N) is 1. The minimum absolute atomic E-state index is 0.114. The molecule has 1 aromatic heterocycles. The number of esters is 1. The molecule has 0 saturated carbocycles. The Morgan fingerprint density at radius 3 is 2.76 bits per heavy atom. The fourth-order valence-electron chi connectivity index (χ4n) is 2.78. The summed E-state index contributed by atoms with van der Waals surface area (Å²) < 4.78 is 38.0. The van der Waals surface area contributed by atoms with Crippen molar-refractivity contribution >= 4 is 27.6 Å². The van der Waals surface area contributed by atoms with Crippen LogP contribution in [0.15, 0.2) is 41.8 Å². The number of aromatic nitrogens is 2. The fraction of sp³-hybridized carbons (Fsp3) is 0.389. The van der Waals surface area contributed by atoms with Gasteiger partial charge in [-0.05, 0) is 25.1 Å². The van der Waals surface area contributed by atoms with Gasteiger partial charge in [0.2, 0.25) is 5.91 Å². The molecular weight excluding hydrogens is 400 g/mol. The lowest BCUT2D eigenvalue weighted by Gasteiger charge is -2.24. The molecule has 3 rings (SSSR count). The van der Waals surface area contributed by atoms with Crippen LogP contribution in [0.25, 0.3) is 0 Å². The van der Waals surface area contributed by atoms with Gasteiger partial charge in [0.25, 0.3) is 10.0 Å². The predicted octanol–water partition coefficient (Wildman–Crippen LogP) is 0.719. The van der Waals surface area contributed by atoms with Crippen LogP contribution < -0.4 is 5.32 Å². The van der Waals surface area contributed by atoms with Gasteiger partial charge in [0.15, 0.2) is 5.03 Å². The first-order valence-corrected chi connectivity index (χ1v) is 10.5. The molecule has 0 unspecified atom stereocenters. The molecule has 1 amide bonds. The van der Waals surface area contributed by atoms with Gasteiger partial charge in [-0.2, -0.15) is 4.31 Å². The highest BCUT2D eigenvalue weighted by molar-refractivity contribution is 7.89. The number of rotatable bonds is 7. The standard InChI is InChI=1S/C18H22N4O6S/c1-2-28-18(24)14-4-3-5-15(10-14)20-16(23)11-21-12-17(19-13-21)29(25,26)22-6-8-27-9-7-22/h3-5,10,12-13H,2,6-9,11H2,1H3,(H,20,23). The number of morpholine rings is 1. The molecule has 1 aromatic carbocycles. The normalized spacial score (nSPS) is 15.1. The van der Waals surface area contributed by atoms with Crippen LogP contribution in [0.5, 0.6) is 0 Å². The number of sulfonamides is 1. The molecule has 0 aliphatic carbocycles. The molecule has 1 N–H and O–H groups in total. The number of carbonyl (C=O) groups excluding carboxylic acids is 2. The van der Waals surface area contributed by atoms with Gasteiger partial charge >= 0.3 is 5.97 Å². The lowest BCUT2D eigenvalue weighted by Crippen LogP contribution is -2.40. The van der Waals surface area contributed by atoms with Gasteiger partial charge < -0.3 is 19.4 Å². The van der Waals surface area contributed by atoms with E-state index in [2.05, 4.69) is 10.3 Å². The molecule has 1 saturated heterocycles. The summed E-state index contributed by atoms with van der Waals surface area (Å²) in [4.78, 5) is 28.0. The van der Waals surface area contributed by atoms with Gasteiger partial charge in [-0.1, -0.05) is 6.07 Å². The summed E-state index contributed by atoms with van der Waals surface area (Å²) in [5.74, 6) is -0.866. The molecule has 1 fully saturated rings. The minimum Gasteiger partial charge on any atom is -0.462 e. The number of benzene rings is 1. The molecule has 10 nitrogen and oxygen atoms in total. The van der Waals surface area contributed by atoms with E-state index >= 15 is 0 Å². The van der Waals surface area contributed by atoms with Crippen molar-refractivity contribution in [2.75, 3.05) is 38.2 Å². The zero-order chi connectivity index (χ0) is 20.9. The first-order chi connectivity index (χ1) is 13.9. The Morgan fingerprint density at radius 1 is 1.28 bits per heavy atom. The number of amides is 1. The van der Waals surface area contributed by atoms with E-state index in [-0.39, 0.29) is 31.3 Å². The number of imidazole rings is 1. The summed E-state index contributed by atoms with van der Waals surface area (Å²) in [6.07, 6.45) is 2.61. The third-order valence-corrected chi connectivity index (χ3v) is 5.95. The van der Waals surface area contributed by atoms with Crippen LogP contribution in [0, 0.1) is 0 Å². The largest absolute Gasteiger partial charge is 0.462 e. The van der Waals surface area contributed by atoms with Gasteiger partial charge in [0.1, 0.15) is 6.54 Å². The Bertz CT molecular complexity index is 982. The van der Waals surface area contributed by atoms with Crippen LogP contribution in [0.3, 0.4) is 0 Å². The zero-order valence-corrected chi connectivity index (χ0v) is 16.7. The van der Waals surface area contributed by atoms with Crippen molar-refractivity contribution in [2.45, 2.75) is 18.5 Å². The molecular formula is C18H22N4O6S. The van der Waals surface area contributed by atoms with Gasteiger partial charge in [0.05, 0.1) is 31.7 Å².